The van der Waals surface area contributed by atoms with E-state index in [1.165, 1.54) is 18.2 Å². The quantitative estimate of drug-likeness (QED) is 0.708. The molecule has 0 aliphatic carbocycles. The van der Waals surface area contributed by atoms with Crippen molar-refractivity contribution in [2.45, 2.75) is 0 Å². The minimum absolute atomic E-state index is 0.0351. The number of hydrogen-bond acceptors (Lipinski definition) is 2. The summed E-state index contributed by atoms with van der Waals surface area (Å²) in [4.78, 5) is 22.9. The molecular weight excluding hydrogens is 304 g/mol. The summed E-state index contributed by atoms with van der Waals surface area (Å²) >= 11 is 0. The molecule has 0 atom stereocenters. The average Bonchev–Trinajstić information content (AvgIpc) is 2.59. The zero-order valence-corrected chi connectivity index (χ0v) is 12.5. The van der Waals surface area contributed by atoms with Gasteiger partial charge in [-0.05, 0) is 41.1 Å². The lowest BCUT2D eigenvalue weighted by molar-refractivity contribution is 0.0686. The monoisotopic (exact) mass is 316 g/mol. The van der Waals surface area contributed by atoms with Crippen molar-refractivity contribution < 1.29 is 19.8 Å². The number of hydrogen-bond donors (Lipinski definition) is 2. The highest BCUT2D eigenvalue weighted by molar-refractivity contribution is 6.11. The molecule has 2 N–H and O–H groups in total. The SMILES string of the molecule is O=C(O)c1cc(C#Cc2ccccc2)cc2c(C(=O)O)cccc12. The maximum Gasteiger partial charge on any atom is 0.336 e. The van der Waals surface area contributed by atoms with Gasteiger partial charge in [-0.1, -0.05) is 42.2 Å². The van der Waals surface area contributed by atoms with E-state index in [-0.39, 0.29) is 11.1 Å². The molecule has 0 spiro atoms. The number of aromatic carboxylic acids is 2. The van der Waals surface area contributed by atoms with E-state index < -0.39 is 11.9 Å². The van der Waals surface area contributed by atoms with Gasteiger partial charge in [-0.3, -0.25) is 0 Å². The van der Waals surface area contributed by atoms with Crippen LogP contribution in [-0.4, -0.2) is 22.2 Å². The Hall–Kier alpha value is -3.58. The van der Waals surface area contributed by atoms with Crippen molar-refractivity contribution in [3.05, 3.63) is 82.9 Å². The van der Waals surface area contributed by atoms with Crippen LogP contribution in [0.1, 0.15) is 31.8 Å². The van der Waals surface area contributed by atoms with Gasteiger partial charge in [-0.15, -0.1) is 0 Å². The molecule has 3 aromatic rings. The van der Waals surface area contributed by atoms with Gasteiger partial charge in [0, 0.05) is 11.1 Å². The topological polar surface area (TPSA) is 74.6 Å². The summed E-state index contributed by atoms with van der Waals surface area (Å²) < 4.78 is 0. The van der Waals surface area contributed by atoms with Gasteiger partial charge in [0.1, 0.15) is 0 Å². The molecule has 0 heterocycles. The lowest BCUT2D eigenvalue weighted by Crippen LogP contribution is -2.02. The summed E-state index contributed by atoms with van der Waals surface area (Å²) in [7, 11) is 0. The van der Waals surface area contributed by atoms with E-state index in [4.69, 9.17) is 0 Å². The molecule has 4 nitrogen and oxygen atoms in total. The van der Waals surface area contributed by atoms with Gasteiger partial charge in [0.2, 0.25) is 0 Å². The van der Waals surface area contributed by atoms with Crippen molar-refractivity contribution in [2.24, 2.45) is 0 Å². The summed E-state index contributed by atoms with van der Waals surface area (Å²) in [5, 5.41) is 19.5. The highest BCUT2D eigenvalue weighted by Gasteiger charge is 2.15. The molecule has 0 fully saturated rings. The minimum atomic E-state index is -1.12. The van der Waals surface area contributed by atoms with Gasteiger partial charge in [-0.25, -0.2) is 9.59 Å². The number of rotatable bonds is 2. The van der Waals surface area contributed by atoms with Crippen molar-refractivity contribution in [3.63, 3.8) is 0 Å². The second-order valence-corrected chi connectivity index (χ2v) is 5.15. The van der Waals surface area contributed by atoms with Gasteiger partial charge >= 0.3 is 11.9 Å². The van der Waals surface area contributed by atoms with E-state index in [0.717, 1.165) is 5.56 Å². The van der Waals surface area contributed by atoms with Crippen LogP contribution >= 0.6 is 0 Å². The molecule has 0 saturated carbocycles. The highest BCUT2D eigenvalue weighted by atomic mass is 16.4. The Kier molecular flexibility index (Phi) is 4.00. The van der Waals surface area contributed by atoms with Crippen LogP contribution < -0.4 is 0 Å². The Morgan fingerprint density at radius 3 is 2.00 bits per heavy atom. The molecule has 0 aliphatic heterocycles. The van der Waals surface area contributed by atoms with Gasteiger partial charge in [0.15, 0.2) is 0 Å². The predicted molar refractivity (Wildman–Crippen MR) is 90.3 cm³/mol. The summed E-state index contributed by atoms with van der Waals surface area (Å²) in [6.45, 7) is 0. The minimum Gasteiger partial charge on any atom is -0.478 e. The van der Waals surface area contributed by atoms with Crippen LogP contribution in [-0.2, 0) is 0 Å². The molecular formula is C20H12O4. The van der Waals surface area contributed by atoms with Crippen molar-refractivity contribution in [2.75, 3.05) is 0 Å². The van der Waals surface area contributed by atoms with Crippen LogP contribution in [0.3, 0.4) is 0 Å². The molecule has 0 aromatic heterocycles. The van der Waals surface area contributed by atoms with Crippen LogP contribution in [0.5, 0.6) is 0 Å². The van der Waals surface area contributed by atoms with Crippen LogP contribution in [0, 0.1) is 11.8 Å². The van der Waals surface area contributed by atoms with Crippen molar-refractivity contribution in [3.8, 4) is 11.8 Å². The first-order valence-corrected chi connectivity index (χ1v) is 7.16. The van der Waals surface area contributed by atoms with Crippen LogP contribution in [0.15, 0.2) is 60.7 Å². The number of carboxylic acid groups (broad SMARTS) is 2. The Balaban J connectivity index is 2.23. The van der Waals surface area contributed by atoms with E-state index in [1.807, 2.05) is 30.3 Å². The molecule has 0 unspecified atom stereocenters. The Labute approximate surface area is 138 Å². The smallest absolute Gasteiger partial charge is 0.336 e. The Morgan fingerprint density at radius 2 is 1.33 bits per heavy atom. The third kappa shape index (κ3) is 2.96. The lowest BCUT2D eigenvalue weighted by atomic mass is 9.97. The fourth-order valence-corrected chi connectivity index (χ4v) is 2.49. The predicted octanol–water partition coefficient (Wildman–Crippen LogP) is 3.64. The van der Waals surface area contributed by atoms with Crippen molar-refractivity contribution >= 4 is 22.7 Å². The third-order valence-corrected chi connectivity index (χ3v) is 3.58. The van der Waals surface area contributed by atoms with Gasteiger partial charge < -0.3 is 10.2 Å². The highest BCUT2D eigenvalue weighted by Crippen LogP contribution is 2.25. The summed E-state index contributed by atoms with van der Waals surface area (Å²) in [5.74, 6) is 3.63. The van der Waals surface area contributed by atoms with Crippen molar-refractivity contribution in [1.29, 1.82) is 0 Å². The van der Waals surface area contributed by atoms with Gasteiger partial charge in [0.05, 0.1) is 11.1 Å². The van der Waals surface area contributed by atoms with Crippen molar-refractivity contribution in [1.82, 2.24) is 0 Å². The first kappa shape index (κ1) is 15.3. The van der Waals surface area contributed by atoms with E-state index in [0.29, 0.717) is 16.3 Å². The fraction of sp³-hybridized carbons (Fsp3) is 0. The standard InChI is InChI=1S/C20H12O4/c21-19(22)16-8-4-7-15-17(16)11-14(12-18(15)20(23)24)10-9-13-5-2-1-3-6-13/h1-8,11-12H,(H,21,22)(H,23,24). The first-order chi connectivity index (χ1) is 11.6. The number of carboxylic acids is 2. The largest absolute Gasteiger partial charge is 0.478 e. The van der Waals surface area contributed by atoms with E-state index in [1.54, 1.807) is 12.1 Å². The molecule has 0 saturated heterocycles. The third-order valence-electron chi connectivity index (χ3n) is 3.58. The van der Waals surface area contributed by atoms with Gasteiger partial charge in [0.25, 0.3) is 0 Å². The molecule has 116 valence electrons. The Morgan fingerprint density at radius 1 is 0.667 bits per heavy atom. The maximum atomic E-state index is 11.5. The number of benzene rings is 3. The second kappa shape index (κ2) is 6.27. The normalized spacial score (nSPS) is 10.0. The van der Waals surface area contributed by atoms with Crippen LogP contribution in [0.2, 0.25) is 0 Å². The molecule has 0 amide bonds. The summed E-state index contributed by atoms with van der Waals surface area (Å²) in [6, 6.07) is 16.9. The second-order valence-electron chi connectivity index (χ2n) is 5.15. The van der Waals surface area contributed by atoms with E-state index >= 15 is 0 Å². The molecule has 3 aromatic carbocycles. The molecule has 3 rings (SSSR count). The maximum absolute atomic E-state index is 11.5. The zero-order chi connectivity index (χ0) is 17.1. The summed E-state index contributed by atoms with van der Waals surface area (Å²) in [6.07, 6.45) is 0. The van der Waals surface area contributed by atoms with E-state index in [9.17, 15) is 19.8 Å². The first-order valence-electron chi connectivity index (χ1n) is 7.16. The Bertz CT molecular complexity index is 1010. The molecule has 0 aliphatic rings. The number of carbonyl (C=O) groups is 2. The summed E-state index contributed by atoms with van der Waals surface area (Å²) in [5.41, 5.74) is 1.34. The number of fused-ring (bicyclic) bond motifs is 1. The molecule has 0 bridgehead atoms. The average molecular weight is 316 g/mol. The molecule has 0 radical (unpaired) electrons. The fourth-order valence-electron chi connectivity index (χ4n) is 2.49. The molecule has 4 heteroatoms. The lowest BCUT2D eigenvalue weighted by Gasteiger charge is -2.07. The van der Waals surface area contributed by atoms with Crippen LogP contribution in [0.25, 0.3) is 10.8 Å². The molecule has 24 heavy (non-hydrogen) atoms. The zero-order valence-electron chi connectivity index (χ0n) is 12.5. The van der Waals surface area contributed by atoms with Gasteiger partial charge in [-0.2, -0.15) is 0 Å². The van der Waals surface area contributed by atoms with Crippen LogP contribution in [0.4, 0.5) is 0 Å². The van der Waals surface area contributed by atoms with E-state index in [2.05, 4.69) is 11.8 Å².